The topological polar surface area (TPSA) is 28.5 Å². The summed E-state index contributed by atoms with van der Waals surface area (Å²) in [5, 5.41) is 1.39. The van der Waals surface area contributed by atoms with Gasteiger partial charge in [0, 0.05) is 42.1 Å². The molecule has 218 valence electrons. The Hall–Kier alpha value is -2.85. The van der Waals surface area contributed by atoms with Crippen LogP contribution in [0.4, 0.5) is 0 Å². The van der Waals surface area contributed by atoms with E-state index in [0.29, 0.717) is 17.9 Å². The highest BCUT2D eigenvalue weighted by Gasteiger charge is 2.35. The summed E-state index contributed by atoms with van der Waals surface area (Å²) < 4.78 is 2.54. The summed E-state index contributed by atoms with van der Waals surface area (Å²) in [6.07, 6.45) is 15.3. The fourth-order valence-corrected chi connectivity index (χ4v) is 8.00. The van der Waals surface area contributed by atoms with E-state index in [9.17, 15) is 4.79 Å². The Balaban J connectivity index is 1.37. The molecule has 1 saturated carbocycles. The molecule has 3 aromatic rings. The lowest BCUT2D eigenvalue weighted by atomic mass is 9.86. The molecule has 2 aliphatic heterocycles. The molecule has 1 saturated heterocycles. The van der Waals surface area contributed by atoms with Crippen molar-refractivity contribution >= 4 is 22.9 Å². The molecule has 4 nitrogen and oxygen atoms in total. The van der Waals surface area contributed by atoms with Crippen LogP contribution in [0.2, 0.25) is 0 Å². The van der Waals surface area contributed by atoms with Crippen molar-refractivity contribution in [3.05, 3.63) is 65.7 Å². The molecule has 1 atom stereocenters. The number of carbonyl (C=O) groups is 1. The summed E-state index contributed by atoms with van der Waals surface area (Å²) >= 11 is 0. The van der Waals surface area contributed by atoms with Crippen LogP contribution in [0.1, 0.15) is 93.7 Å². The molecule has 1 aliphatic carbocycles. The lowest BCUT2D eigenvalue weighted by Gasteiger charge is -2.38. The van der Waals surface area contributed by atoms with E-state index >= 15 is 0 Å². The first-order valence-electron chi connectivity index (χ1n) is 16.4. The molecular formula is C37H49N3O. The molecule has 2 aromatic carbocycles. The Kier molecular flexibility index (Phi) is 8.67. The second kappa shape index (κ2) is 12.6. The molecule has 0 bridgehead atoms. The van der Waals surface area contributed by atoms with Crippen LogP contribution in [0.3, 0.4) is 0 Å². The molecule has 0 N–H and O–H groups in total. The summed E-state index contributed by atoms with van der Waals surface area (Å²) in [7, 11) is 2.27. The summed E-state index contributed by atoms with van der Waals surface area (Å²) in [5.41, 5.74) is 8.03. The predicted molar refractivity (Wildman–Crippen MR) is 172 cm³/mol. The molecule has 3 aliphatic rings. The first kappa shape index (κ1) is 28.3. The minimum Gasteiger partial charge on any atom is -0.342 e. The Morgan fingerprint density at radius 2 is 1.78 bits per heavy atom. The lowest BCUT2D eigenvalue weighted by molar-refractivity contribution is -0.137. The SMILES string of the molecule is C=Cc1ccc2c(C3CCCCCC3)c3n(c2c1)CC(C(=O)N1CCC(N(C)CCCC)CC1)Cc1ccccc1-3. The van der Waals surface area contributed by atoms with Gasteiger partial charge in [-0.25, -0.2) is 0 Å². The average molecular weight is 552 g/mol. The van der Waals surface area contributed by atoms with Gasteiger partial charge in [-0.2, -0.15) is 0 Å². The Labute approximate surface area is 247 Å². The fraction of sp³-hybridized carbons (Fsp3) is 0.541. The van der Waals surface area contributed by atoms with E-state index in [0.717, 1.165) is 51.0 Å². The van der Waals surface area contributed by atoms with E-state index in [1.54, 1.807) is 0 Å². The number of likely N-dealkylation sites (tertiary alicyclic amines) is 1. The van der Waals surface area contributed by atoms with Gasteiger partial charge < -0.3 is 14.4 Å². The van der Waals surface area contributed by atoms with Gasteiger partial charge in [0.25, 0.3) is 0 Å². The largest absolute Gasteiger partial charge is 0.342 e. The fourth-order valence-electron chi connectivity index (χ4n) is 8.00. The van der Waals surface area contributed by atoms with Crippen LogP contribution in [0.15, 0.2) is 49.0 Å². The molecule has 41 heavy (non-hydrogen) atoms. The van der Waals surface area contributed by atoms with E-state index in [1.165, 1.54) is 84.7 Å². The first-order chi connectivity index (χ1) is 20.1. The van der Waals surface area contributed by atoms with Crippen molar-refractivity contribution in [2.75, 3.05) is 26.7 Å². The normalized spacial score (nSPS) is 20.5. The summed E-state index contributed by atoms with van der Waals surface area (Å²) in [6, 6.07) is 16.4. The van der Waals surface area contributed by atoms with Crippen molar-refractivity contribution in [3.8, 4) is 11.3 Å². The van der Waals surface area contributed by atoms with E-state index in [4.69, 9.17) is 0 Å². The number of hydrogen-bond donors (Lipinski definition) is 0. The maximum absolute atomic E-state index is 14.3. The Morgan fingerprint density at radius 3 is 2.51 bits per heavy atom. The van der Waals surface area contributed by atoms with Crippen molar-refractivity contribution in [3.63, 3.8) is 0 Å². The van der Waals surface area contributed by atoms with Crippen molar-refractivity contribution < 1.29 is 4.79 Å². The molecule has 2 fully saturated rings. The van der Waals surface area contributed by atoms with Crippen LogP contribution >= 0.6 is 0 Å². The van der Waals surface area contributed by atoms with Crippen molar-refractivity contribution in [1.29, 1.82) is 0 Å². The van der Waals surface area contributed by atoms with Gasteiger partial charge in [-0.05, 0) is 80.8 Å². The van der Waals surface area contributed by atoms with Crippen LogP contribution in [0, 0.1) is 5.92 Å². The monoisotopic (exact) mass is 551 g/mol. The number of unbranched alkanes of at least 4 members (excludes halogenated alkanes) is 1. The van der Waals surface area contributed by atoms with Gasteiger partial charge in [0.15, 0.2) is 0 Å². The molecule has 3 heterocycles. The summed E-state index contributed by atoms with van der Waals surface area (Å²) in [4.78, 5) is 19.0. The van der Waals surface area contributed by atoms with Crippen LogP contribution in [-0.2, 0) is 17.8 Å². The zero-order valence-corrected chi connectivity index (χ0v) is 25.4. The van der Waals surface area contributed by atoms with Crippen LogP contribution in [0.5, 0.6) is 0 Å². The third kappa shape index (κ3) is 5.65. The predicted octanol–water partition coefficient (Wildman–Crippen LogP) is 8.28. The maximum Gasteiger partial charge on any atom is 0.227 e. The van der Waals surface area contributed by atoms with E-state index < -0.39 is 0 Å². The Morgan fingerprint density at radius 1 is 1.02 bits per heavy atom. The number of rotatable bonds is 7. The van der Waals surface area contributed by atoms with Crippen molar-refractivity contribution in [1.82, 2.24) is 14.4 Å². The summed E-state index contributed by atoms with van der Waals surface area (Å²) in [6.45, 7) is 10.0. The van der Waals surface area contributed by atoms with Gasteiger partial charge in [0.2, 0.25) is 5.91 Å². The molecule has 1 aromatic heterocycles. The summed E-state index contributed by atoms with van der Waals surface area (Å²) in [5.74, 6) is 0.881. The first-order valence-corrected chi connectivity index (χ1v) is 16.4. The minimum atomic E-state index is -0.0447. The highest BCUT2D eigenvalue weighted by Crippen LogP contribution is 2.46. The number of piperidine rings is 1. The lowest BCUT2D eigenvalue weighted by Crippen LogP contribution is -2.48. The van der Waals surface area contributed by atoms with E-state index in [1.807, 2.05) is 6.08 Å². The third-order valence-corrected chi connectivity index (χ3v) is 10.4. The van der Waals surface area contributed by atoms with Gasteiger partial charge in [-0.1, -0.05) is 88.1 Å². The van der Waals surface area contributed by atoms with Gasteiger partial charge in [0.1, 0.15) is 0 Å². The number of nitrogens with zero attached hydrogens (tertiary/aromatic N) is 3. The number of benzene rings is 2. The standard InChI is InChI=1S/C37H49N3O/c1-4-6-21-38(3)31-19-22-39(23-20-31)37(41)30-25-29-15-11-12-16-32(29)36-35(28-13-9-7-8-10-14-28)33-18-17-27(5-2)24-34(33)40(36)26-30/h5,11-12,15-18,24,28,30-31H,2,4,6-10,13-14,19-23,25-26H2,1,3H3. The van der Waals surface area contributed by atoms with Crippen molar-refractivity contribution in [2.24, 2.45) is 5.92 Å². The zero-order chi connectivity index (χ0) is 28.3. The highest BCUT2D eigenvalue weighted by atomic mass is 16.2. The van der Waals surface area contributed by atoms with Crippen molar-refractivity contribution in [2.45, 2.75) is 96.1 Å². The van der Waals surface area contributed by atoms with Gasteiger partial charge in [0.05, 0.1) is 11.6 Å². The molecule has 0 radical (unpaired) electrons. The quantitative estimate of drug-likeness (QED) is 0.276. The van der Waals surface area contributed by atoms with E-state index in [-0.39, 0.29) is 5.92 Å². The number of fused-ring (bicyclic) bond motifs is 5. The molecule has 6 rings (SSSR count). The molecule has 0 spiro atoms. The molecule has 4 heteroatoms. The minimum absolute atomic E-state index is 0.0447. The number of hydrogen-bond acceptors (Lipinski definition) is 2. The molecule has 1 amide bonds. The maximum atomic E-state index is 14.3. The third-order valence-electron chi connectivity index (χ3n) is 10.4. The Bertz CT molecular complexity index is 1370. The number of aromatic nitrogens is 1. The molecular weight excluding hydrogens is 502 g/mol. The second-order valence-electron chi connectivity index (χ2n) is 13.0. The zero-order valence-electron chi connectivity index (χ0n) is 25.4. The van der Waals surface area contributed by atoms with Gasteiger partial charge in [-0.3, -0.25) is 4.79 Å². The van der Waals surface area contributed by atoms with Gasteiger partial charge in [-0.15, -0.1) is 0 Å². The van der Waals surface area contributed by atoms with Gasteiger partial charge >= 0.3 is 0 Å². The second-order valence-corrected chi connectivity index (χ2v) is 13.0. The van der Waals surface area contributed by atoms with E-state index in [2.05, 4.69) is 77.4 Å². The highest BCUT2D eigenvalue weighted by molar-refractivity contribution is 5.95. The number of amides is 1. The van der Waals surface area contributed by atoms with Crippen LogP contribution in [-0.4, -0.2) is 53.0 Å². The number of carbonyl (C=O) groups excluding carboxylic acids is 1. The van der Waals surface area contributed by atoms with Crippen LogP contribution < -0.4 is 0 Å². The average Bonchev–Trinajstić information content (AvgIpc) is 3.18. The smallest absolute Gasteiger partial charge is 0.227 e. The van der Waals surface area contributed by atoms with Crippen LogP contribution in [0.25, 0.3) is 28.2 Å². The molecule has 1 unspecified atom stereocenters.